The molecule has 1 aromatic carbocycles. The molecule has 0 saturated carbocycles. The van der Waals surface area contributed by atoms with Gasteiger partial charge >= 0.3 is 0 Å². The van der Waals surface area contributed by atoms with Crippen molar-refractivity contribution in [2.24, 2.45) is 0 Å². The van der Waals surface area contributed by atoms with E-state index < -0.39 is 5.79 Å². The normalized spacial score (nSPS) is 22.1. The van der Waals surface area contributed by atoms with Crippen LogP contribution in [0.5, 0.6) is 0 Å². The van der Waals surface area contributed by atoms with Gasteiger partial charge in [0.1, 0.15) is 6.29 Å². The van der Waals surface area contributed by atoms with Gasteiger partial charge in [0.25, 0.3) is 0 Å². The van der Waals surface area contributed by atoms with Crippen molar-refractivity contribution in [3.05, 3.63) is 35.9 Å². The predicted octanol–water partition coefficient (Wildman–Crippen LogP) is 1.51. The minimum absolute atomic E-state index is 0.0310. The first kappa shape index (κ1) is 16.1. The number of nitrogens with one attached hydrogen (secondary N) is 1. The first-order valence-electron chi connectivity index (χ1n) is 7.21. The number of benzene rings is 1. The predicted molar refractivity (Wildman–Crippen MR) is 78.9 cm³/mol. The molecule has 1 fully saturated rings. The number of hydrogen-bond donors (Lipinski definition) is 1. The van der Waals surface area contributed by atoms with Crippen molar-refractivity contribution in [1.82, 2.24) is 5.32 Å². The first-order chi connectivity index (χ1) is 10.1. The van der Waals surface area contributed by atoms with Crippen LogP contribution in [0.1, 0.15) is 19.4 Å². The molecule has 0 aromatic heterocycles. The summed E-state index contributed by atoms with van der Waals surface area (Å²) in [6.45, 7) is 5.72. The summed E-state index contributed by atoms with van der Waals surface area (Å²) in [7, 11) is 0. The van der Waals surface area contributed by atoms with E-state index in [1.807, 2.05) is 44.2 Å². The number of hydrogen-bond acceptors (Lipinski definition) is 5. The fraction of sp³-hybridized carbons (Fsp3) is 0.562. The quantitative estimate of drug-likeness (QED) is 0.736. The van der Waals surface area contributed by atoms with E-state index in [0.717, 1.165) is 11.8 Å². The summed E-state index contributed by atoms with van der Waals surface area (Å²) in [5.74, 6) is -0.535. The van der Waals surface area contributed by atoms with Crippen LogP contribution in [0.3, 0.4) is 0 Å². The van der Waals surface area contributed by atoms with Gasteiger partial charge in [-0.05, 0) is 19.4 Å². The third-order valence-corrected chi connectivity index (χ3v) is 3.25. The van der Waals surface area contributed by atoms with E-state index in [1.54, 1.807) is 0 Å². The summed E-state index contributed by atoms with van der Waals surface area (Å²) in [6.07, 6.45) is 0.836. The summed E-state index contributed by atoms with van der Waals surface area (Å²) in [5, 5.41) is 3.14. The Kier molecular flexibility index (Phi) is 5.87. The largest absolute Gasteiger partial charge is 0.375 e. The molecule has 1 N–H and O–H groups in total. The molecule has 5 heteroatoms. The van der Waals surface area contributed by atoms with Crippen molar-refractivity contribution in [3.63, 3.8) is 0 Å². The van der Waals surface area contributed by atoms with Gasteiger partial charge in [-0.2, -0.15) is 0 Å². The maximum atomic E-state index is 11.1. The standard InChI is InChI=1S/C16H23NO4/c1-16(2)20-12-15(21-16)8-17-14(9-18)11-19-10-13-6-4-3-5-7-13/h3-7,9,14-15,17H,8,10-12H2,1-2H3/t14-,15-/m0/s1. The summed E-state index contributed by atoms with van der Waals surface area (Å²) in [5.41, 5.74) is 1.09. The second-order valence-electron chi connectivity index (χ2n) is 5.60. The molecule has 1 heterocycles. The zero-order chi connectivity index (χ0) is 15.1. The summed E-state index contributed by atoms with van der Waals surface area (Å²) >= 11 is 0. The molecule has 1 aliphatic heterocycles. The fourth-order valence-corrected chi connectivity index (χ4v) is 2.17. The fourth-order valence-electron chi connectivity index (χ4n) is 2.17. The van der Waals surface area contributed by atoms with Gasteiger partial charge in [-0.25, -0.2) is 0 Å². The number of aldehydes is 1. The van der Waals surface area contributed by atoms with Gasteiger partial charge in [0.2, 0.25) is 0 Å². The molecule has 116 valence electrons. The highest BCUT2D eigenvalue weighted by atomic mass is 16.7. The van der Waals surface area contributed by atoms with E-state index >= 15 is 0 Å². The van der Waals surface area contributed by atoms with Gasteiger partial charge in [-0.1, -0.05) is 30.3 Å². The molecule has 21 heavy (non-hydrogen) atoms. The average Bonchev–Trinajstić information content (AvgIpc) is 2.83. The van der Waals surface area contributed by atoms with Gasteiger partial charge in [0, 0.05) is 6.54 Å². The Morgan fingerprint density at radius 3 is 2.81 bits per heavy atom. The highest BCUT2D eigenvalue weighted by molar-refractivity contribution is 5.57. The average molecular weight is 293 g/mol. The smallest absolute Gasteiger partial charge is 0.163 e. The van der Waals surface area contributed by atoms with E-state index in [-0.39, 0.29) is 12.1 Å². The third-order valence-electron chi connectivity index (χ3n) is 3.25. The summed E-state index contributed by atoms with van der Waals surface area (Å²) < 4.78 is 16.7. The Morgan fingerprint density at radius 2 is 2.19 bits per heavy atom. The Morgan fingerprint density at radius 1 is 1.43 bits per heavy atom. The number of ether oxygens (including phenoxy) is 3. The Balaban J connectivity index is 1.65. The topological polar surface area (TPSA) is 56.8 Å². The second kappa shape index (κ2) is 7.66. The van der Waals surface area contributed by atoms with Gasteiger partial charge in [-0.15, -0.1) is 0 Å². The molecule has 0 unspecified atom stereocenters. The molecule has 5 nitrogen and oxygen atoms in total. The van der Waals surface area contributed by atoms with Crippen LogP contribution in [-0.4, -0.2) is 44.0 Å². The highest BCUT2D eigenvalue weighted by Crippen LogP contribution is 2.21. The molecule has 1 aliphatic rings. The van der Waals surface area contributed by atoms with Crippen LogP contribution in [0.25, 0.3) is 0 Å². The zero-order valence-corrected chi connectivity index (χ0v) is 12.6. The molecule has 1 aromatic rings. The van der Waals surface area contributed by atoms with Crippen molar-refractivity contribution in [2.75, 3.05) is 19.8 Å². The molecule has 0 aliphatic carbocycles. The van der Waals surface area contributed by atoms with Crippen molar-refractivity contribution >= 4 is 6.29 Å². The van der Waals surface area contributed by atoms with Crippen LogP contribution in [0.4, 0.5) is 0 Å². The maximum Gasteiger partial charge on any atom is 0.163 e. The van der Waals surface area contributed by atoms with E-state index in [9.17, 15) is 4.79 Å². The van der Waals surface area contributed by atoms with Crippen LogP contribution in [0, 0.1) is 0 Å². The molecule has 0 spiro atoms. The SMILES string of the molecule is CC1(C)OC[C@H](CN[C@@H](C=O)COCc2ccccc2)O1. The van der Waals surface area contributed by atoms with Crippen LogP contribution in [-0.2, 0) is 25.6 Å². The van der Waals surface area contributed by atoms with E-state index in [2.05, 4.69) is 5.32 Å². The molecule has 1 saturated heterocycles. The molecule has 2 rings (SSSR count). The van der Waals surface area contributed by atoms with E-state index in [1.165, 1.54) is 0 Å². The lowest BCUT2D eigenvalue weighted by Crippen LogP contribution is -2.40. The second-order valence-corrected chi connectivity index (χ2v) is 5.60. The number of rotatable bonds is 8. The zero-order valence-electron chi connectivity index (χ0n) is 12.6. The minimum Gasteiger partial charge on any atom is -0.375 e. The maximum absolute atomic E-state index is 11.1. The van der Waals surface area contributed by atoms with Gasteiger partial charge in [0.05, 0.1) is 32.0 Å². The van der Waals surface area contributed by atoms with Crippen LogP contribution in [0.15, 0.2) is 30.3 Å². The van der Waals surface area contributed by atoms with Crippen LogP contribution in [0.2, 0.25) is 0 Å². The van der Waals surface area contributed by atoms with Gasteiger partial charge in [0.15, 0.2) is 5.79 Å². The highest BCUT2D eigenvalue weighted by Gasteiger charge is 2.32. The summed E-state index contributed by atoms with van der Waals surface area (Å²) in [6, 6.07) is 9.55. The number of carbonyl (C=O) groups excluding carboxylic acids is 1. The van der Waals surface area contributed by atoms with Gasteiger partial charge < -0.3 is 24.3 Å². The molecule has 2 atom stereocenters. The Labute approximate surface area is 125 Å². The van der Waals surface area contributed by atoms with E-state index in [4.69, 9.17) is 14.2 Å². The Hall–Kier alpha value is -1.27. The van der Waals surface area contributed by atoms with Crippen LogP contribution < -0.4 is 5.32 Å². The van der Waals surface area contributed by atoms with Gasteiger partial charge in [-0.3, -0.25) is 0 Å². The lowest BCUT2D eigenvalue weighted by atomic mass is 10.2. The van der Waals surface area contributed by atoms with Crippen molar-refractivity contribution in [3.8, 4) is 0 Å². The minimum atomic E-state index is -0.535. The monoisotopic (exact) mass is 293 g/mol. The Bertz CT molecular complexity index is 435. The molecular weight excluding hydrogens is 270 g/mol. The lowest BCUT2D eigenvalue weighted by molar-refractivity contribution is -0.138. The summed E-state index contributed by atoms with van der Waals surface area (Å²) in [4.78, 5) is 11.1. The molecule has 0 radical (unpaired) electrons. The van der Waals surface area contributed by atoms with E-state index in [0.29, 0.717) is 26.4 Å². The third kappa shape index (κ3) is 5.55. The molecule has 0 amide bonds. The van der Waals surface area contributed by atoms with Crippen LogP contribution >= 0.6 is 0 Å². The molecule has 0 bridgehead atoms. The van der Waals surface area contributed by atoms with Crippen molar-refractivity contribution in [1.29, 1.82) is 0 Å². The lowest BCUT2D eigenvalue weighted by Gasteiger charge is -2.19. The molecular formula is C16H23NO4. The van der Waals surface area contributed by atoms with Crippen molar-refractivity contribution in [2.45, 2.75) is 38.4 Å². The number of carbonyl (C=O) groups is 1. The van der Waals surface area contributed by atoms with Crippen molar-refractivity contribution < 1.29 is 19.0 Å². The first-order valence-corrected chi connectivity index (χ1v) is 7.21.